The number of rotatable bonds is 6. The SMILES string of the molecule is Cc1cc(C)c(NC(=O)[C@H](C)Oc2ccc(C(=O)NC3CCCCC3)cc2)c(C)c1. The second-order valence-corrected chi connectivity index (χ2v) is 8.36. The summed E-state index contributed by atoms with van der Waals surface area (Å²) in [5.74, 6) is 0.304. The van der Waals surface area contributed by atoms with E-state index < -0.39 is 6.10 Å². The zero-order chi connectivity index (χ0) is 21.7. The summed E-state index contributed by atoms with van der Waals surface area (Å²) in [4.78, 5) is 25.0. The molecule has 0 aliphatic heterocycles. The van der Waals surface area contributed by atoms with Crippen LogP contribution < -0.4 is 15.4 Å². The van der Waals surface area contributed by atoms with Gasteiger partial charge in [-0.05, 0) is 75.9 Å². The number of amides is 2. The van der Waals surface area contributed by atoms with E-state index in [0.29, 0.717) is 11.3 Å². The molecule has 0 unspecified atom stereocenters. The summed E-state index contributed by atoms with van der Waals surface area (Å²) in [6, 6.07) is 11.3. The van der Waals surface area contributed by atoms with Crippen molar-refractivity contribution >= 4 is 17.5 Å². The van der Waals surface area contributed by atoms with E-state index in [-0.39, 0.29) is 17.9 Å². The Morgan fingerprint density at radius 3 is 2.17 bits per heavy atom. The van der Waals surface area contributed by atoms with Gasteiger partial charge in [-0.1, -0.05) is 37.0 Å². The molecule has 30 heavy (non-hydrogen) atoms. The topological polar surface area (TPSA) is 67.4 Å². The van der Waals surface area contributed by atoms with E-state index in [4.69, 9.17) is 4.74 Å². The third-order valence-electron chi connectivity index (χ3n) is 5.66. The molecule has 2 aromatic rings. The maximum absolute atomic E-state index is 12.6. The van der Waals surface area contributed by atoms with Crippen molar-refractivity contribution in [1.29, 1.82) is 0 Å². The second-order valence-electron chi connectivity index (χ2n) is 8.36. The minimum absolute atomic E-state index is 0.0513. The third kappa shape index (κ3) is 5.62. The van der Waals surface area contributed by atoms with Gasteiger partial charge in [0.25, 0.3) is 11.8 Å². The highest BCUT2D eigenvalue weighted by Gasteiger charge is 2.19. The normalized spacial score (nSPS) is 15.3. The fourth-order valence-corrected chi connectivity index (χ4v) is 4.06. The molecule has 160 valence electrons. The van der Waals surface area contributed by atoms with Gasteiger partial charge in [-0.3, -0.25) is 9.59 Å². The number of benzene rings is 2. The highest BCUT2D eigenvalue weighted by atomic mass is 16.5. The number of nitrogens with one attached hydrogen (secondary N) is 2. The first kappa shape index (κ1) is 21.9. The maximum atomic E-state index is 12.6. The molecule has 1 fully saturated rings. The van der Waals surface area contributed by atoms with Gasteiger partial charge in [-0.25, -0.2) is 0 Å². The van der Waals surface area contributed by atoms with Crippen molar-refractivity contribution in [2.45, 2.75) is 71.9 Å². The van der Waals surface area contributed by atoms with Crippen molar-refractivity contribution in [2.24, 2.45) is 0 Å². The lowest BCUT2D eigenvalue weighted by molar-refractivity contribution is -0.122. The average molecular weight is 409 g/mol. The summed E-state index contributed by atoms with van der Waals surface area (Å²) < 4.78 is 5.79. The van der Waals surface area contributed by atoms with Gasteiger partial charge >= 0.3 is 0 Å². The third-order valence-corrected chi connectivity index (χ3v) is 5.66. The number of ether oxygens (including phenoxy) is 1. The molecule has 0 bridgehead atoms. The highest BCUT2D eigenvalue weighted by molar-refractivity contribution is 5.96. The Labute approximate surface area is 179 Å². The first-order chi connectivity index (χ1) is 14.3. The summed E-state index contributed by atoms with van der Waals surface area (Å²) in [7, 11) is 0. The molecule has 1 saturated carbocycles. The van der Waals surface area contributed by atoms with Gasteiger partial charge in [0.1, 0.15) is 5.75 Å². The summed E-state index contributed by atoms with van der Waals surface area (Å²) in [6.45, 7) is 7.73. The Hall–Kier alpha value is -2.82. The predicted octanol–water partition coefficient (Wildman–Crippen LogP) is 5.08. The van der Waals surface area contributed by atoms with Crippen LogP contribution in [0.25, 0.3) is 0 Å². The van der Waals surface area contributed by atoms with Crippen molar-refractivity contribution in [3.8, 4) is 5.75 Å². The fraction of sp³-hybridized carbons (Fsp3) is 0.440. The molecule has 5 nitrogen and oxygen atoms in total. The van der Waals surface area contributed by atoms with Crippen LogP contribution in [0.4, 0.5) is 5.69 Å². The van der Waals surface area contributed by atoms with Crippen LogP contribution in [-0.4, -0.2) is 24.0 Å². The first-order valence-corrected chi connectivity index (χ1v) is 10.8. The number of anilines is 1. The second kappa shape index (κ2) is 9.79. The van der Waals surface area contributed by atoms with Crippen LogP contribution in [0.15, 0.2) is 36.4 Å². The molecule has 0 spiro atoms. The van der Waals surface area contributed by atoms with Crippen LogP contribution in [-0.2, 0) is 4.79 Å². The van der Waals surface area contributed by atoms with Gasteiger partial charge in [0.2, 0.25) is 0 Å². The van der Waals surface area contributed by atoms with Crippen molar-refractivity contribution in [2.75, 3.05) is 5.32 Å². The Morgan fingerprint density at radius 2 is 1.57 bits per heavy atom. The van der Waals surface area contributed by atoms with Crippen LogP contribution in [0.1, 0.15) is 66.1 Å². The lowest BCUT2D eigenvalue weighted by Crippen LogP contribution is -2.36. The summed E-state index contributed by atoms with van der Waals surface area (Å²) >= 11 is 0. The molecule has 1 atom stereocenters. The van der Waals surface area contributed by atoms with E-state index in [0.717, 1.165) is 29.7 Å². The summed E-state index contributed by atoms with van der Waals surface area (Å²) in [5.41, 5.74) is 4.66. The van der Waals surface area contributed by atoms with E-state index in [1.165, 1.54) is 24.8 Å². The fourth-order valence-electron chi connectivity index (χ4n) is 4.06. The standard InChI is InChI=1S/C25H32N2O3/c1-16-14-17(2)23(18(3)15-16)27-24(28)19(4)30-22-12-10-20(11-13-22)25(29)26-21-8-6-5-7-9-21/h10-15,19,21H,5-9H2,1-4H3,(H,26,29)(H,27,28)/t19-/m0/s1. The Bertz CT molecular complexity index is 876. The Morgan fingerprint density at radius 1 is 0.967 bits per heavy atom. The van der Waals surface area contributed by atoms with E-state index >= 15 is 0 Å². The molecular weight excluding hydrogens is 376 g/mol. The van der Waals surface area contributed by atoms with Crippen LogP contribution in [0.3, 0.4) is 0 Å². The van der Waals surface area contributed by atoms with Gasteiger partial charge < -0.3 is 15.4 Å². The lowest BCUT2D eigenvalue weighted by atomic mass is 9.95. The number of hydrogen-bond donors (Lipinski definition) is 2. The first-order valence-electron chi connectivity index (χ1n) is 10.8. The monoisotopic (exact) mass is 408 g/mol. The maximum Gasteiger partial charge on any atom is 0.265 e. The molecule has 0 aromatic heterocycles. The molecule has 0 saturated heterocycles. The zero-order valence-electron chi connectivity index (χ0n) is 18.4. The summed E-state index contributed by atoms with van der Waals surface area (Å²) in [6.07, 6.45) is 5.07. The Balaban J connectivity index is 1.56. The summed E-state index contributed by atoms with van der Waals surface area (Å²) in [5, 5.41) is 6.08. The number of hydrogen-bond acceptors (Lipinski definition) is 3. The van der Waals surface area contributed by atoms with Gasteiger partial charge in [-0.15, -0.1) is 0 Å². The molecule has 1 aliphatic carbocycles. The van der Waals surface area contributed by atoms with Crippen LogP contribution in [0, 0.1) is 20.8 Å². The van der Waals surface area contributed by atoms with E-state index in [9.17, 15) is 9.59 Å². The molecule has 2 amide bonds. The van der Waals surface area contributed by atoms with Gasteiger partial charge in [0.05, 0.1) is 0 Å². The molecule has 0 radical (unpaired) electrons. The minimum Gasteiger partial charge on any atom is -0.481 e. The zero-order valence-corrected chi connectivity index (χ0v) is 18.4. The quantitative estimate of drug-likeness (QED) is 0.700. The molecule has 1 aliphatic rings. The number of aryl methyl sites for hydroxylation is 3. The van der Waals surface area contributed by atoms with Crippen molar-refractivity contribution in [1.82, 2.24) is 5.32 Å². The molecular formula is C25H32N2O3. The molecule has 0 heterocycles. The van der Waals surface area contributed by atoms with E-state index in [1.807, 2.05) is 32.9 Å². The molecule has 3 rings (SSSR count). The number of carbonyl (C=O) groups is 2. The van der Waals surface area contributed by atoms with Gasteiger partial charge in [0, 0.05) is 17.3 Å². The Kier molecular flexibility index (Phi) is 7.14. The van der Waals surface area contributed by atoms with Gasteiger partial charge in [-0.2, -0.15) is 0 Å². The molecule has 2 N–H and O–H groups in total. The average Bonchev–Trinajstić information content (AvgIpc) is 2.71. The molecule has 2 aromatic carbocycles. The predicted molar refractivity (Wildman–Crippen MR) is 120 cm³/mol. The van der Waals surface area contributed by atoms with Crippen LogP contribution in [0.5, 0.6) is 5.75 Å². The lowest BCUT2D eigenvalue weighted by Gasteiger charge is -2.22. The molecule has 5 heteroatoms. The number of carbonyl (C=O) groups excluding carboxylic acids is 2. The smallest absolute Gasteiger partial charge is 0.265 e. The largest absolute Gasteiger partial charge is 0.481 e. The van der Waals surface area contributed by atoms with E-state index in [1.54, 1.807) is 31.2 Å². The van der Waals surface area contributed by atoms with E-state index in [2.05, 4.69) is 10.6 Å². The highest BCUT2D eigenvalue weighted by Crippen LogP contribution is 2.23. The van der Waals surface area contributed by atoms with Crippen LogP contribution >= 0.6 is 0 Å². The van der Waals surface area contributed by atoms with Gasteiger partial charge in [0.15, 0.2) is 6.10 Å². The minimum atomic E-state index is -0.660. The van der Waals surface area contributed by atoms with Crippen molar-refractivity contribution < 1.29 is 14.3 Å². The van der Waals surface area contributed by atoms with Crippen molar-refractivity contribution in [3.63, 3.8) is 0 Å². The van der Waals surface area contributed by atoms with Crippen molar-refractivity contribution in [3.05, 3.63) is 58.7 Å². The van der Waals surface area contributed by atoms with Crippen LogP contribution in [0.2, 0.25) is 0 Å².